The van der Waals surface area contributed by atoms with E-state index in [0.717, 1.165) is 32.0 Å². The Morgan fingerprint density at radius 2 is 1.91 bits per heavy atom. The topological polar surface area (TPSA) is 32.3 Å². The molecular weight excluding hydrogens is 305 g/mol. The molecular formula is C17H23F3N2O. The van der Waals surface area contributed by atoms with Gasteiger partial charge in [0.05, 0.1) is 5.56 Å². The molecule has 6 heteroatoms. The molecule has 1 aliphatic rings. The Balaban J connectivity index is 2.07. The SMILES string of the molecule is CC(CC(=O)N(C)C1CCNCC1)c1ccccc1C(F)(F)F. The average Bonchev–Trinajstić information content (AvgIpc) is 2.54. The van der Waals surface area contributed by atoms with Crippen LogP contribution < -0.4 is 5.32 Å². The van der Waals surface area contributed by atoms with Gasteiger partial charge in [0.15, 0.2) is 0 Å². The van der Waals surface area contributed by atoms with E-state index < -0.39 is 17.7 Å². The third kappa shape index (κ3) is 4.47. The highest BCUT2D eigenvalue weighted by molar-refractivity contribution is 5.77. The number of nitrogens with one attached hydrogen (secondary N) is 1. The number of amides is 1. The molecule has 1 aliphatic heterocycles. The minimum atomic E-state index is -4.39. The first-order chi connectivity index (χ1) is 10.8. The summed E-state index contributed by atoms with van der Waals surface area (Å²) in [6.07, 6.45) is -2.53. The maximum Gasteiger partial charge on any atom is 0.416 e. The quantitative estimate of drug-likeness (QED) is 0.919. The van der Waals surface area contributed by atoms with Gasteiger partial charge in [-0.05, 0) is 43.5 Å². The van der Waals surface area contributed by atoms with Crippen LogP contribution in [0.25, 0.3) is 0 Å². The van der Waals surface area contributed by atoms with Gasteiger partial charge in [-0.1, -0.05) is 25.1 Å². The van der Waals surface area contributed by atoms with Crippen LogP contribution in [0.15, 0.2) is 24.3 Å². The van der Waals surface area contributed by atoms with Crippen LogP contribution in [0.5, 0.6) is 0 Å². The molecule has 3 nitrogen and oxygen atoms in total. The van der Waals surface area contributed by atoms with Gasteiger partial charge in [0.25, 0.3) is 0 Å². The molecule has 128 valence electrons. The predicted molar refractivity (Wildman–Crippen MR) is 83.1 cm³/mol. The number of nitrogens with zero attached hydrogens (tertiary/aromatic N) is 1. The number of benzene rings is 1. The summed E-state index contributed by atoms with van der Waals surface area (Å²) in [5, 5.41) is 3.24. The van der Waals surface area contributed by atoms with Gasteiger partial charge < -0.3 is 10.2 Å². The fourth-order valence-corrected chi connectivity index (χ4v) is 3.10. The van der Waals surface area contributed by atoms with Crippen molar-refractivity contribution in [1.29, 1.82) is 0 Å². The van der Waals surface area contributed by atoms with Crippen molar-refractivity contribution >= 4 is 5.91 Å². The normalized spacial score (nSPS) is 17.8. The first kappa shape index (κ1) is 17.8. The van der Waals surface area contributed by atoms with E-state index in [-0.39, 0.29) is 23.9 Å². The highest BCUT2D eigenvalue weighted by atomic mass is 19.4. The molecule has 1 amide bonds. The van der Waals surface area contributed by atoms with Gasteiger partial charge >= 0.3 is 6.18 Å². The second-order valence-corrected chi connectivity index (χ2v) is 6.18. The fourth-order valence-electron chi connectivity index (χ4n) is 3.10. The van der Waals surface area contributed by atoms with E-state index in [1.165, 1.54) is 12.1 Å². The van der Waals surface area contributed by atoms with Crippen molar-refractivity contribution in [2.75, 3.05) is 20.1 Å². The van der Waals surface area contributed by atoms with E-state index in [1.54, 1.807) is 24.9 Å². The molecule has 0 aromatic heterocycles. The molecule has 0 radical (unpaired) electrons. The van der Waals surface area contributed by atoms with Crippen molar-refractivity contribution in [1.82, 2.24) is 10.2 Å². The summed E-state index contributed by atoms with van der Waals surface area (Å²) in [6.45, 7) is 3.42. The molecule has 0 saturated carbocycles. The highest BCUT2D eigenvalue weighted by Crippen LogP contribution is 2.36. The molecule has 1 unspecified atom stereocenters. The number of carbonyl (C=O) groups is 1. The summed E-state index contributed by atoms with van der Waals surface area (Å²) in [6, 6.07) is 5.68. The predicted octanol–water partition coefficient (Wildman–Crippen LogP) is 3.41. The summed E-state index contributed by atoms with van der Waals surface area (Å²) in [4.78, 5) is 14.1. The molecule has 1 aromatic rings. The molecule has 2 rings (SSSR count). The molecule has 1 fully saturated rings. The summed E-state index contributed by atoms with van der Waals surface area (Å²) in [5.41, 5.74) is -0.461. The van der Waals surface area contributed by atoms with E-state index >= 15 is 0 Å². The number of carbonyl (C=O) groups excluding carboxylic acids is 1. The largest absolute Gasteiger partial charge is 0.416 e. The lowest BCUT2D eigenvalue weighted by molar-refractivity contribution is -0.139. The monoisotopic (exact) mass is 328 g/mol. The van der Waals surface area contributed by atoms with Gasteiger partial charge in [0.1, 0.15) is 0 Å². The molecule has 23 heavy (non-hydrogen) atoms. The van der Waals surface area contributed by atoms with Gasteiger partial charge in [0.2, 0.25) is 5.91 Å². The lowest BCUT2D eigenvalue weighted by atomic mass is 9.92. The Bertz CT molecular complexity index is 539. The van der Waals surface area contributed by atoms with Crippen molar-refractivity contribution in [3.8, 4) is 0 Å². The fraction of sp³-hybridized carbons (Fsp3) is 0.588. The van der Waals surface area contributed by atoms with Crippen LogP contribution in [0.2, 0.25) is 0 Å². The van der Waals surface area contributed by atoms with Crippen LogP contribution in [-0.4, -0.2) is 37.0 Å². The highest BCUT2D eigenvalue weighted by Gasteiger charge is 2.34. The second kappa shape index (κ2) is 7.34. The van der Waals surface area contributed by atoms with Crippen LogP contribution in [0.1, 0.15) is 43.2 Å². The van der Waals surface area contributed by atoms with E-state index in [9.17, 15) is 18.0 Å². The zero-order chi connectivity index (χ0) is 17.0. The standard InChI is InChI=1S/C17H23F3N2O/c1-12(14-5-3-4-6-15(14)17(18,19)20)11-16(23)22(2)13-7-9-21-10-8-13/h3-6,12-13,21H,7-11H2,1-2H3. The van der Waals surface area contributed by atoms with Crippen LogP contribution in [-0.2, 0) is 11.0 Å². The summed E-state index contributed by atoms with van der Waals surface area (Å²) >= 11 is 0. The molecule has 0 spiro atoms. The Morgan fingerprint density at radius 1 is 1.30 bits per heavy atom. The average molecular weight is 328 g/mol. The van der Waals surface area contributed by atoms with Gasteiger partial charge in [-0.3, -0.25) is 4.79 Å². The van der Waals surface area contributed by atoms with Crippen molar-refractivity contribution in [2.24, 2.45) is 0 Å². The van der Waals surface area contributed by atoms with Crippen molar-refractivity contribution < 1.29 is 18.0 Å². The number of halogens is 3. The minimum Gasteiger partial charge on any atom is -0.343 e. The maximum atomic E-state index is 13.1. The zero-order valence-corrected chi connectivity index (χ0v) is 13.5. The Morgan fingerprint density at radius 3 is 2.52 bits per heavy atom. The molecule has 1 aromatic carbocycles. The molecule has 1 N–H and O–H groups in total. The molecule has 1 saturated heterocycles. The molecule has 1 atom stereocenters. The lowest BCUT2D eigenvalue weighted by Gasteiger charge is -2.32. The van der Waals surface area contributed by atoms with Gasteiger partial charge in [-0.25, -0.2) is 0 Å². The Hall–Kier alpha value is -1.56. The third-order valence-electron chi connectivity index (χ3n) is 4.53. The number of hydrogen-bond donors (Lipinski definition) is 1. The van der Waals surface area contributed by atoms with E-state index in [2.05, 4.69) is 5.32 Å². The first-order valence-corrected chi connectivity index (χ1v) is 7.93. The molecule has 0 bridgehead atoms. The second-order valence-electron chi connectivity index (χ2n) is 6.18. The first-order valence-electron chi connectivity index (χ1n) is 7.93. The molecule has 1 heterocycles. The van der Waals surface area contributed by atoms with Gasteiger partial charge in [0, 0.05) is 19.5 Å². The van der Waals surface area contributed by atoms with Gasteiger partial charge in [-0.2, -0.15) is 13.2 Å². The third-order valence-corrected chi connectivity index (χ3v) is 4.53. The van der Waals surface area contributed by atoms with Crippen LogP contribution in [0.4, 0.5) is 13.2 Å². The van der Waals surface area contributed by atoms with Crippen molar-refractivity contribution in [2.45, 2.75) is 44.3 Å². The number of rotatable bonds is 4. The van der Waals surface area contributed by atoms with Crippen LogP contribution in [0, 0.1) is 0 Å². The Labute approximate surface area is 134 Å². The van der Waals surface area contributed by atoms with Crippen LogP contribution in [0.3, 0.4) is 0 Å². The number of piperidine rings is 1. The number of alkyl halides is 3. The van der Waals surface area contributed by atoms with E-state index in [0.29, 0.717) is 0 Å². The zero-order valence-electron chi connectivity index (χ0n) is 13.5. The van der Waals surface area contributed by atoms with Crippen molar-refractivity contribution in [3.05, 3.63) is 35.4 Å². The summed E-state index contributed by atoms with van der Waals surface area (Å²) < 4.78 is 39.3. The van der Waals surface area contributed by atoms with E-state index in [1.807, 2.05) is 0 Å². The van der Waals surface area contributed by atoms with Gasteiger partial charge in [-0.15, -0.1) is 0 Å². The lowest BCUT2D eigenvalue weighted by Crippen LogP contribution is -2.44. The maximum absolute atomic E-state index is 13.1. The van der Waals surface area contributed by atoms with Crippen LogP contribution >= 0.6 is 0 Å². The number of hydrogen-bond acceptors (Lipinski definition) is 2. The summed E-state index contributed by atoms with van der Waals surface area (Å²) in [7, 11) is 1.75. The smallest absolute Gasteiger partial charge is 0.343 e. The minimum absolute atomic E-state index is 0.0908. The Kier molecular flexibility index (Phi) is 5.68. The molecule has 0 aliphatic carbocycles. The summed E-state index contributed by atoms with van der Waals surface area (Å²) in [5.74, 6) is -0.564. The van der Waals surface area contributed by atoms with E-state index in [4.69, 9.17) is 0 Å². The van der Waals surface area contributed by atoms with Crippen molar-refractivity contribution in [3.63, 3.8) is 0 Å².